The van der Waals surface area contributed by atoms with Crippen molar-refractivity contribution in [3.8, 4) is 0 Å². The largest absolute Gasteiger partial charge is 0.309 e. The molecule has 0 saturated heterocycles. The van der Waals surface area contributed by atoms with Gasteiger partial charge in [-0.3, -0.25) is 4.68 Å². The van der Waals surface area contributed by atoms with Crippen LogP contribution in [0.15, 0.2) is 6.07 Å². The van der Waals surface area contributed by atoms with Gasteiger partial charge in [-0.15, -0.1) is 0 Å². The van der Waals surface area contributed by atoms with Gasteiger partial charge >= 0.3 is 0 Å². The first-order valence-electron chi connectivity index (χ1n) is 7.91. The Morgan fingerprint density at radius 1 is 1.33 bits per heavy atom. The highest BCUT2D eigenvalue weighted by Crippen LogP contribution is 2.20. The molecule has 1 aromatic rings. The second-order valence-corrected chi connectivity index (χ2v) is 7.88. The van der Waals surface area contributed by atoms with Crippen molar-refractivity contribution in [2.24, 2.45) is 0 Å². The van der Waals surface area contributed by atoms with Crippen molar-refractivity contribution in [3.63, 3.8) is 0 Å². The highest BCUT2D eigenvalue weighted by molar-refractivity contribution is 7.91. The Kier molecular flexibility index (Phi) is 7.39. The number of rotatable bonds is 10. The van der Waals surface area contributed by atoms with E-state index in [0.29, 0.717) is 6.42 Å². The molecule has 0 aromatic carbocycles. The highest BCUT2D eigenvalue weighted by Gasteiger charge is 2.17. The summed E-state index contributed by atoms with van der Waals surface area (Å²) in [6, 6.07) is 2.28. The lowest BCUT2D eigenvalue weighted by atomic mass is 10.1. The fraction of sp³-hybridized carbons (Fsp3) is 0.800. The monoisotopic (exact) mass is 315 g/mol. The third kappa shape index (κ3) is 5.79. The quantitative estimate of drug-likeness (QED) is 0.720. The lowest BCUT2D eigenvalue weighted by Gasteiger charge is -2.19. The van der Waals surface area contributed by atoms with E-state index < -0.39 is 9.84 Å². The minimum absolute atomic E-state index is 0.179. The van der Waals surface area contributed by atoms with Crippen LogP contribution < -0.4 is 5.32 Å². The third-order valence-electron chi connectivity index (χ3n) is 3.62. The highest BCUT2D eigenvalue weighted by atomic mass is 32.2. The molecule has 0 aliphatic heterocycles. The number of hydrogen-bond donors (Lipinski definition) is 1. The van der Waals surface area contributed by atoms with Gasteiger partial charge in [0.05, 0.1) is 17.1 Å². The van der Waals surface area contributed by atoms with Crippen LogP contribution in [0, 0.1) is 6.92 Å². The molecule has 0 saturated carbocycles. The van der Waals surface area contributed by atoms with Crippen LogP contribution in [0.1, 0.15) is 57.5 Å². The molecule has 6 heteroatoms. The molecule has 0 amide bonds. The second-order valence-electron chi connectivity index (χ2n) is 5.41. The van der Waals surface area contributed by atoms with E-state index in [0.717, 1.165) is 37.3 Å². The van der Waals surface area contributed by atoms with E-state index in [1.165, 1.54) is 0 Å². The molecule has 1 atom stereocenters. The Hall–Kier alpha value is -0.880. The predicted molar refractivity (Wildman–Crippen MR) is 87.2 cm³/mol. The Bertz CT molecular complexity index is 523. The van der Waals surface area contributed by atoms with Crippen LogP contribution in [0.5, 0.6) is 0 Å². The van der Waals surface area contributed by atoms with E-state index in [4.69, 9.17) is 0 Å². The van der Waals surface area contributed by atoms with Crippen LogP contribution >= 0.6 is 0 Å². The van der Waals surface area contributed by atoms with E-state index >= 15 is 0 Å². The molecular weight excluding hydrogens is 286 g/mol. The summed E-state index contributed by atoms with van der Waals surface area (Å²) in [5.74, 6) is 0.499. The van der Waals surface area contributed by atoms with E-state index in [2.05, 4.69) is 30.3 Å². The Labute approximate surface area is 129 Å². The van der Waals surface area contributed by atoms with Crippen molar-refractivity contribution in [2.45, 2.75) is 59.5 Å². The Balaban J connectivity index is 2.75. The number of nitrogens with zero attached hydrogens (tertiary/aromatic N) is 2. The summed E-state index contributed by atoms with van der Waals surface area (Å²) < 4.78 is 25.3. The lowest BCUT2D eigenvalue weighted by Crippen LogP contribution is -2.25. The molecule has 0 aliphatic carbocycles. The lowest BCUT2D eigenvalue weighted by molar-refractivity contribution is 0.452. The van der Waals surface area contributed by atoms with Crippen molar-refractivity contribution >= 4 is 9.84 Å². The van der Waals surface area contributed by atoms with Gasteiger partial charge in [-0.05, 0) is 45.7 Å². The summed E-state index contributed by atoms with van der Waals surface area (Å²) >= 11 is 0. The second kappa shape index (κ2) is 8.54. The first-order valence-corrected chi connectivity index (χ1v) is 9.73. The van der Waals surface area contributed by atoms with Crippen molar-refractivity contribution in [3.05, 3.63) is 17.5 Å². The van der Waals surface area contributed by atoms with Gasteiger partial charge in [0.25, 0.3) is 0 Å². The maximum absolute atomic E-state index is 11.6. The van der Waals surface area contributed by atoms with E-state index in [1.807, 2.05) is 11.6 Å². The third-order valence-corrected chi connectivity index (χ3v) is 5.41. The van der Waals surface area contributed by atoms with Gasteiger partial charge in [0.1, 0.15) is 9.84 Å². The molecule has 122 valence electrons. The van der Waals surface area contributed by atoms with Gasteiger partial charge in [0.15, 0.2) is 0 Å². The van der Waals surface area contributed by atoms with Crippen LogP contribution in [0.3, 0.4) is 0 Å². The smallest absolute Gasteiger partial charge is 0.150 e. The van der Waals surface area contributed by atoms with Crippen LogP contribution in [0.4, 0.5) is 0 Å². The summed E-state index contributed by atoms with van der Waals surface area (Å²) in [5, 5.41) is 8.01. The summed E-state index contributed by atoms with van der Waals surface area (Å²) in [7, 11) is -2.88. The molecule has 21 heavy (non-hydrogen) atoms. The predicted octanol–water partition coefficient (Wildman–Crippen LogP) is 2.47. The van der Waals surface area contributed by atoms with Gasteiger partial charge in [0.2, 0.25) is 0 Å². The molecule has 1 aromatic heterocycles. The first kappa shape index (κ1) is 18.2. The molecule has 0 bridgehead atoms. The maximum atomic E-state index is 11.6. The SMILES string of the molecule is CCCNC(CCCS(=O)(=O)CC)c1cc(C)nn1CC. The van der Waals surface area contributed by atoms with Crippen LogP contribution in [-0.2, 0) is 16.4 Å². The van der Waals surface area contributed by atoms with Crippen LogP contribution in [-0.4, -0.2) is 36.2 Å². The van der Waals surface area contributed by atoms with Gasteiger partial charge < -0.3 is 5.32 Å². The number of nitrogens with one attached hydrogen (secondary N) is 1. The maximum Gasteiger partial charge on any atom is 0.150 e. The summed E-state index contributed by atoms with van der Waals surface area (Å²) in [6.07, 6.45) is 2.57. The van der Waals surface area contributed by atoms with Gasteiger partial charge in [-0.25, -0.2) is 8.42 Å². The zero-order valence-electron chi connectivity index (χ0n) is 13.7. The number of aromatic nitrogens is 2. The normalized spacial score (nSPS) is 13.5. The molecule has 5 nitrogen and oxygen atoms in total. The van der Waals surface area contributed by atoms with Gasteiger partial charge in [-0.2, -0.15) is 5.10 Å². The molecule has 0 spiro atoms. The summed E-state index contributed by atoms with van der Waals surface area (Å²) in [6.45, 7) is 9.67. The fourth-order valence-corrected chi connectivity index (χ4v) is 3.32. The molecule has 0 fully saturated rings. The van der Waals surface area contributed by atoms with E-state index in [-0.39, 0.29) is 17.5 Å². The summed E-state index contributed by atoms with van der Waals surface area (Å²) in [4.78, 5) is 0. The standard InChI is InChI=1S/C15H29N3O2S/c1-5-10-16-14(9-8-11-21(19,20)7-3)15-12-13(4)17-18(15)6-2/h12,14,16H,5-11H2,1-4H3. The van der Waals surface area contributed by atoms with Crippen molar-refractivity contribution in [1.82, 2.24) is 15.1 Å². The zero-order chi connectivity index (χ0) is 15.9. The van der Waals surface area contributed by atoms with E-state index in [9.17, 15) is 8.42 Å². The minimum Gasteiger partial charge on any atom is -0.309 e. The average molecular weight is 315 g/mol. The number of hydrogen-bond acceptors (Lipinski definition) is 4. The fourth-order valence-electron chi connectivity index (χ4n) is 2.42. The topological polar surface area (TPSA) is 64.0 Å². The van der Waals surface area contributed by atoms with Gasteiger partial charge in [-0.1, -0.05) is 13.8 Å². The zero-order valence-corrected chi connectivity index (χ0v) is 14.5. The molecule has 1 rings (SSSR count). The molecular formula is C15H29N3O2S. The average Bonchev–Trinajstić information content (AvgIpc) is 2.83. The minimum atomic E-state index is -2.88. The molecule has 1 unspecified atom stereocenters. The Morgan fingerprint density at radius 3 is 2.62 bits per heavy atom. The number of sulfone groups is 1. The van der Waals surface area contributed by atoms with Crippen molar-refractivity contribution < 1.29 is 8.42 Å². The molecule has 0 aliphatic rings. The van der Waals surface area contributed by atoms with Crippen LogP contribution in [0.25, 0.3) is 0 Å². The molecule has 1 N–H and O–H groups in total. The Morgan fingerprint density at radius 2 is 2.05 bits per heavy atom. The van der Waals surface area contributed by atoms with Crippen molar-refractivity contribution in [2.75, 3.05) is 18.1 Å². The first-order chi connectivity index (χ1) is 9.93. The number of aryl methyl sites for hydroxylation is 2. The summed E-state index contributed by atoms with van der Waals surface area (Å²) in [5.41, 5.74) is 2.17. The molecule has 1 heterocycles. The van der Waals surface area contributed by atoms with Crippen LogP contribution in [0.2, 0.25) is 0 Å². The van der Waals surface area contributed by atoms with Crippen molar-refractivity contribution in [1.29, 1.82) is 0 Å². The van der Waals surface area contributed by atoms with Gasteiger partial charge in [0, 0.05) is 18.3 Å². The molecule has 0 radical (unpaired) electrons. The van der Waals surface area contributed by atoms with E-state index in [1.54, 1.807) is 6.92 Å².